The molecule has 1 aliphatic heterocycles. The number of hydrogen-bond acceptors (Lipinski definition) is 3. The number of aromatic nitrogens is 2. The summed E-state index contributed by atoms with van der Waals surface area (Å²) >= 11 is 0. The van der Waals surface area contributed by atoms with Crippen molar-refractivity contribution in [3.63, 3.8) is 0 Å². The Hall–Kier alpha value is -1.36. The van der Waals surface area contributed by atoms with E-state index in [4.69, 9.17) is 0 Å². The number of aromatic amines is 1. The molecule has 1 fully saturated rings. The van der Waals surface area contributed by atoms with Gasteiger partial charge in [0.15, 0.2) is 0 Å². The SMILES string of the molecule is CC(C)N1CC[C@H](N[C@H](C)c2ncc[nH]2)C1=O. The predicted octanol–water partition coefficient (Wildman–Crippen LogP) is 1.07. The van der Waals surface area contributed by atoms with Crippen molar-refractivity contribution in [3.05, 3.63) is 18.2 Å². The fourth-order valence-electron chi connectivity index (χ4n) is 2.26. The van der Waals surface area contributed by atoms with Crippen LogP contribution in [0.3, 0.4) is 0 Å². The van der Waals surface area contributed by atoms with E-state index in [-0.39, 0.29) is 24.0 Å². The first-order valence-electron chi connectivity index (χ1n) is 6.15. The summed E-state index contributed by atoms with van der Waals surface area (Å²) in [5, 5.41) is 3.33. The van der Waals surface area contributed by atoms with Gasteiger partial charge in [0.1, 0.15) is 5.82 Å². The molecule has 1 saturated heterocycles. The molecule has 5 heteroatoms. The van der Waals surface area contributed by atoms with Crippen LogP contribution in [0.4, 0.5) is 0 Å². The number of H-pyrrole nitrogens is 1. The van der Waals surface area contributed by atoms with Gasteiger partial charge in [0.05, 0.1) is 12.1 Å². The van der Waals surface area contributed by atoms with Crippen molar-refractivity contribution in [2.45, 2.75) is 45.3 Å². The highest BCUT2D eigenvalue weighted by atomic mass is 16.2. The molecular formula is C12H20N4O. The third kappa shape index (κ3) is 2.49. The first kappa shape index (κ1) is 12.1. The molecule has 2 rings (SSSR count). The molecule has 2 heterocycles. The van der Waals surface area contributed by atoms with E-state index in [9.17, 15) is 4.79 Å². The van der Waals surface area contributed by atoms with E-state index >= 15 is 0 Å². The van der Waals surface area contributed by atoms with Gasteiger partial charge in [-0.25, -0.2) is 4.98 Å². The fourth-order valence-corrected chi connectivity index (χ4v) is 2.26. The number of hydrogen-bond donors (Lipinski definition) is 2. The Kier molecular flexibility index (Phi) is 3.47. The number of rotatable bonds is 4. The van der Waals surface area contributed by atoms with Crippen molar-refractivity contribution < 1.29 is 4.79 Å². The number of nitrogens with zero attached hydrogens (tertiary/aromatic N) is 2. The van der Waals surface area contributed by atoms with Crippen LogP contribution >= 0.6 is 0 Å². The van der Waals surface area contributed by atoms with E-state index in [1.54, 1.807) is 12.4 Å². The lowest BCUT2D eigenvalue weighted by molar-refractivity contribution is -0.130. The molecule has 0 saturated carbocycles. The Morgan fingerprint density at radius 1 is 1.53 bits per heavy atom. The first-order chi connectivity index (χ1) is 8.09. The van der Waals surface area contributed by atoms with Crippen LogP contribution in [0.25, 0.3) is 0 Å². The van der Waals surface area contributed by atoms with Crippen molar-refractivity contribution in [1.82, 2.24) is 20.2 Å². The van der Waals surface area contributed by atoms with Crippen molar-refractivity contribution in [1.29, 1.82) is 0 Å². The smallest absolute Gasteiger partial charge is 0.240 e. The number of nitrogens with one attached hydrogen (secondary N) is 2. The third-order valence-corrected chi connectivity index (χ3v) is 3.24. The topological polar surface area (TPSA) is 61.0 Å². The van der Waals surface area contributed by atoms with Crippen LogP contribution in [0.2, 0.25) is 0 Å². The van der Waals surface area contributed by atoms with Gasteiger partial charge in [-0.05, 0) is 27.2 Å². The molecule has 0 unspecified atom stereocenters. The van der Waals surface area contributed by atoms with E-state index < -0.39 is 0 Å². The average molecular weight is 236 g/mol. The van der Waals surface area contributed by atoms with Gasteiger partial charge in [0.2, 0.25) is 5.91 Å². The second kappa shape index (κ2) is 4.87. The summed E-state index contributed by atoms with van der Waals surface area (Å²) in [4.78, 5) is 21.3. The maximum absolute atomic E-state index is 12.1. The molecule has 2 N–H and O–H groups in total. The fraction of sp³-hybridized carbons (Fsp3) is 0.667. The molecule has 1 amide bonds. The maximum atomic E-state index is 12.1. The second-order valence-corrected chi connectivity index (χ2v) is 4.83. The summed E-state index contributed by atoms with van der Waals surface area (Å²) in [5.74, 6) is 1.08. The molecule has 0 spiro atoms. The number of amides is 1. The van der Waals surface area contributed by atoms with Crippen LogP contribution < -0.4 is 5.32 Å². The van der Waals surface area contributed by atoms with Gasteiger partial charge < -0.3 is 9.88 Å². The Bertz CT molecular complexity index is 374. The van der Waals surface area contributed by atoms with Gasteiger partial charge in [-0.1, -0.05) is 0 Å². The molecule has 1 aromatic rings. The van der Waals surface area contributed by atoms with Crippen LogP contribution in [0.1, 0.15) is 39.1 Å². The average Bonchev–Trinajstić information content (AvgIpc) is 2.89. The van der Waals surface area contributed by atoms with Gasteiger partial charge >= 0.3 is 0 Å². The number of carbonyl (C=O) groups excluding carboxylic acids is 1. The number of likely N-dealkylation sites (tertiary alicyclic amines) is 1. The standard InChI is InChI=1S/C12H20N4O/c1-8(2)16-7-4-10(12(16)17)15-9(3)11-13-5-6-14-11/h5-6,8-10,15H,4,7H2,1-3H3,(H,13,14)/t9-,10+/m1/s1. The van der Waals surface area contributed by atoms with Gasteiger partial charge in [-0.3, -0.25) is 10.1 Å². The van der Waals surface area contributed by atoms with Crippen LogP contribution in [0.5, 0.6) is 0 Å². The van der Waals surface area contributed by atoms with E-state index in [1.165, 1.54) is 0 Å². The molecule has 2 atom stereocenters. The minimum atomic E-state index is -0.0718. The largest absolute Gasteiger partial charge is 0.347 e. The quantitative estimate of drug-likeness (QED) is 0.822. The van der Waals surface area contributed by atoms with Crippen LogP contribution in [0, 0.1) is 0 Å². The molecule has 94 valence electrons. The molecule has 0 bridgehead atoms. The summed E-state index contributed by atoms with van der Waals surface area (Å²) in [6.07, 6.45) is 4.40. The highest BCUT2D eigenvalue weighted by Gasteiger charge is 2.33. The first-order valence-corrected chi connectivity index (χ1v) is 6.15. The molecule has 0 radical (unpaired) electrons. The third-order valence-electron chi connectivity index (χ3n) is 3.24. The molecule has 17 heavy (non-hydrogen) atoms. The van der Waals surface area contributed by atoms with Crippen LogP contribution in [-0.4, -0.2) is 39.4 Å². The van der Waals surface area contributed by atoms with Gasteiger partial charge in [0, 0.05) is 25.0 Å². The Labute approximate surface area is 102 Å². The lowest BCUT2D eigenvalue weighted by Gasteiger charge is -2.22. The highest BCUT2D eigenvalue weighted by Crippen LogP contribution is 2.17. The molecule has 0 aliphatic carbocycles. The minimum absolute atomic E-state index is 0.0718. The molecule has 5 nitrogen and oxygen atoms in total. The highest BCUT2D eigenvalue weighted by molar-refractivity contribution is 5.84. The number of carbonyl (C=O) groups is 1. The van der Waals surface area contributed by atoms with Crippen LogP contribution in [-0.2, 0) is 4.79 Å². The minimum Gasteiger partial charge on any atom is -0.347 e. The zero-order valence-electron chi connectivity index (χ0n) is 10.6. The lowest BCUT2D eigenvalue weighted by Crippen LogP contribution is -2.41. The number of imidazole rings is 1. The molecule has 0 aromatic carbocycles. The van der Waals surface area contributed by atoms with Gasteiger partial charge in [-0.2, -0.15) is 0 Å². The summed E-state index contributed by atoms with van der Waals surface area (Å²) in [7, 11) is 0. The normalized spacial score (nSPS) is 22.5. The van der Waals surface area contributed by atoms with Crippen molar-refractivity contribution in [2.75, 3.05) is 6.54 Å². The lowest BCUT2D eigenvalue weighted by atomic mass is 10.2. The Morgan fingerprint density at radius 2 is 2.29 bits per heavy atom. The predicted molar refractivity (Wildman–Crippen MR) is 65.4 cm³/mol. The van der Waals surface area contributed by atoms with Crippen molar-refractivity contribution in [3.8, 4) is 0 Å². The summed E-state index contributed by atoms with van der Waals surface area (Å²) in [6.45, 7) is 6.97. The molecular weight excluding hydrogens is 216 g/mol. The van der Waals surface area contributed by atoms with Crippen LogP contribution in [0.15, 0.2) is 12.4 Å². The maximum Gasteiger partial charge on any atom is 0.240 e. The van der Waals surface area contributed by atoms with Crippen molar-refractivity contribution >= 4 is 5.91 Å². The summed E-state index contributed by atoms with van der Waals surface area (Å²) < 4.78 is 0. The van der Waals surface area contributed by atoms with Gasteiger partial charge in [-0.15, -0.1) is 0 Å². The Morgan fingerprint density at radius 3 is 2.82 bits per heavy atom. The second-order valence-electron chi connectivity index (χ2n) is 4.83. The van der Waals surface area contributed by atoms with Gasteiger partial charge in [0.25, 0.3) is 0 Å². The summed E-state index contributed by atoms with van der Waals surface area (Å²) in [6, 6.07) is 0.289. The Balaban J connectivity index is 1.95. The summed E-state index contributed by atoms with van der Waals surface area (Å²) in [5.41, 5.74) is 0. The monoisotopic (exact) mass is 236 g/mol. The van der Waals surface area contributed by atoms with E-state index in [0.29, 0.717) is 0 Å². The van der Waals surface area contributed by atoms with E-state index in [1.807, 2.05) is 11.8 Å². The zero-order valence-corrected chi connectivity index (χ0v) is 10.6. The molecule has 1 aliphatic rings. The molecule has 1 aromatic heterocycles. The van der Waals surface area contributed by atoms with E-state index in [0.717, 1.165) is 18.8 Å². The zero-order chi connectivity index (χ0) is 12.4. The van der Waals surface area contributed by atoms with E-state index in [2.05, 4.69) is 29.1 Å². The van der Waals surface area contributed by atoms with Crippen molar-refractivity contribution in [2.24, 2.45) is 0 Å².